The summed E-state index contributed by atoms with van der Waals surface area (Å²) < 4.78 is 33.7. The third-order valence-electron chi connectivity index (χ3n) is 6.34. The number of carboxylic acid groups (broad SMARTS) is 1. The van der Waals surface area contributed by atoms with Gasteiger partial charge in [0.05, 0.1) is 21.9 Å². The van der Waals surface area contributed by atoms with Crippen molar-refractivity contribution in [3.63, 3.8) is 0 Å². The van der Waals surface area contributed by atoms with Gasteiger partial charge in [0.2, 0.25) is 0 Å². The minimum Gasteiger partial charge on any atom is -0.475 e. The number of aliphatic carboxylic acids is 1. The largest absolute Gasteiger partial charge is 0.490 e. The first kappa shape index (κ1) is 28.5. The minimum atomic E-state index is -5.08. The van der Waals surface area contributed by atoms with E-state index >= 15 is 0 Å². The number of anilines is 2. The fraction of sp³-hybridized carbons (Fsp3) is 0.423. The highest BCUT2D eigenvalue weighted by molar-refractivity contribution is 6.33. The number of carboxylic acids is 1. The minimum absolute atomic E-state index is 0.631. The van der Waals surface area contributed by atoms with Gasteiger partial charge in [0.25, 0.3) is 0 Å². The molecule has 0 fully saturated rings. The van der Waals surface area contributed by atoms with Crippen molar-refractivity contribution in [3.05, 3.63) is 69.6 Å². The summed E-state index contributed by atoms with van der Waals surface area (Å²) in [6.45, 7) is 7.25. The summed E-state index contributed by atoms with van der Waals surface area (Å²) in [7, 11) is 2.00. The summed E-state index contributed by atoms with van der Waals surface area (Å²) in [5.74, 6) is -1.78. The molecule has 0 saturated carbocycles. The van der Waals surface area contributed by atoms with Crippen LogP contribution in [0.2, 0.25) is 5.02 Å². The Kier molecular flexibility index (Phi) is 8.54. The number of rotatable bonds is 5. The lowest BCUT2D eigenvalue weighted by molar-refractivity contribution is -0.192. The molecule has 3 N–H and O–H groups in total. The van der Waals surface area contributed by atoms with Gasteiger partial charge < -0.3 is 15.7 Å². The summed E-state index contributed by atoms with van der Waals surface area (Å²) in [6, 6.07) is 8.24. The summed E-state index contributed by atoms with van der Waals surface area (Å²) >= 11 is 6.71. The van der Waals surface area contributed by atoms with Crippen LogP contribution in [0.15, 0.2) is 36.7 Å². The number of alkyl halides is 3. The van der Waals surface area contributed by atoms with Crippen LogP contribution in [0.5, 0.6) is 0 Å². The molecule has 7 nitrogen and oxygen atoms in total. The number of nitrogens with zero attached hydrogens (tertiary/aromatic N) is 4. The van der Waals surface area contributed by atoms with E-state index in [1.165, 1.54) is 16.7 Å². The molecule has 0 amide bonds. The van der Waals surface area contributed by atoms with Gasteiger partial charge in [-0.25, -0.2) is 4.79 Å². The normalized spacial score (nSPS) is 14.9. The number of halogens is 4. The molecule has 1 unspecified atom stereocenters. The maximum Gasteiger partial charge on any atom is 0.490 e. The highest BCUT2D eigenvalue weighted by atomic mass is 35.5. The van der Waals surface area contributed by atoms with E-state index < -0.39 is 17.7 Å². The topological polar surface area (TPSA) is 97.3 Å². The molecule has 0 bridgehead atoms. The van der Waals surface area contributed by atoms with Gasteiger partial charge >= 0.3 is 12.1 Å². The molecule has 1 aromatic carbocycles. The molecule has 11 heteroatoms. The number of carbonyl (C=O) groups is 1. The lowest BCUT2D eigenvalue weighted by Gasteiger charge is -2.34. The van der Waals surface area contributed by atoms with E-state index in [-0.39, 0.29) is 0 Å². The molecule has 3 aromatic rings. The van der Waals surface area contributed by atoms with Crippen molar-refractivity contribution in [2.75, 3.05) is 11.4 Å². The second kappa shape index (κ2) is 11.1. The molecule has 0 aliphatic carbocycles. The van der Waals surface area contributed by atoms with Crippen molar-refractivity contribution in [2.45, 2.75) is 58.2 Å². The Morgan fingerprint density at radius 3 is 2.49 bits per heavy atom. The maximum atomic E-state index is 10.6. The molecule has 0 saturated heterocycles. The number of benzene rings is 1. The molecule has 1 atom stereocenters. The van der Waals surface area contributed by atoms with Crippen LogP contribution in [0, 0.1) is 13.8 Å². The third-order valence-corrected chi connectivity index (χ3v) is 6.63. The molecule has 0 radical (unpaired) electrons. The van der Waals surface area contributed by atoms with Crippen LogP contribution in [-0.4, -0.2) is 38.6 Å². The van der Waals surface area contributed by atoms with Crippen molar-refractivity contribution in [3.8, 4) is 0 Å². The summed E-state index contributed by atoms with van der Waals surface area (Å²) in [5.41, 5.74) is 13.2. The van der Waals surface area contributed by atoms with Crippen molar-refractivity contribution in [2.24, 2.45) is 12.8 Å². The van der Waals surface area contributed by atoms with Gasteiger partial charge in [0, 0.05) is 31.5 Å². The third kappa shape index (κ3) is 5.91. The van der Waals surface area contributed by atoms with Crippen LogP contribution >= 0.6 is 11.6 Å². The zero-order valence-electron chi connectivity index (χ0n) is 21.2. The molecule has 4 rings (SSSR count). The van der Waals surface area contributed by atoms with Crippen LogP contribution in [-0.2, 0) is 23.8 Å². The smallest absolute Gasteiger partial charge is 0.475 e. The Labute approximate surface area is 219 Å². The van der Waals surface area contributed by atoms with E-state index in [0.29, 0.717) is 0 Å². The molecule has 37 heavy (non-hydrogen) atoms. The number of aryl methyl sites for hydroxylation is 3. The first-order chi connectivity index (χ1) is 17.3. The van der Waals surface area contributed by atoms with E-state index in [2.05, 4.69) is 42.8 Å². The Morgan fingerprint density at radius 1 is 1.27 bits per heavy atom. The zero-order valence-corrected chi connectivity index (χ0v) is 22.0. The summed E-state index contributed by atoms with van der Waals surface area (Å²) in [6.07, 6.45) is 2.38. The fourth-order valence-electron chi connectivity index (χ4n) is 4.97. The van der Waals surface area contributed by atoms with E-state index in [4.69, 9.17) is 32.3 Å². The molecule has 1 aliphatic rings. The zero-order chi connectivity index (χ0) is 27.5. The van der Waals surface area contributed by atoms with Gasteiger partial charge in [-0.1, -0.05) is 37.1 Å². The van der Waals surface area contributed by atoms with Crippen LogP contribution in [0.25, 0.3) is 0 Å². The van der Waals surface area contributed by atoms with Gasteiger partial charge in [-0.2, -0.15) is 18.3 Å². The highest BCUT2D eigenvalue weighted by Crippen LogP contribution is 2.43. The lowest BCUT2D eigenvalue weighted by Crippen LogP contribution is -2.41. The molecular weight excluding hydrogens is 507 g/mol. The number of hydrogen-bond donors (Lipinski definition) is 2. The fourth-order valence-corrected chi connectivity index (χ4v) is 5.39. The predicted molar refractivity (Wildman–Crippen MR) is 137 cm³/mol. The van der Waals surface area contributed by atoms with Crippen molar-refractivity contribution < 1.29 is 23.1 Å². The van der Waals surface area contributed by atoms with E-state index in [9.17, 15) is 13.2 Å². The average Bonchev–Trinajstić information content (AvgIpc) is 3.16. The number of aromatic nitrogens is 3. The molecular formula is C26H31ClF3N5O2. The van der Waals surface area contributed by atoms with E-state index in [1.54, 1.807) is 6.20 Å². The molecule has 1 aliphatic heterocycles. The molecule has 3 heterocycles. The van der Waals surface area contributed by atoms with Crippen LogP contribution in [0.4, 0.5) is 24.7 Å². The molecule has 200 valence electrons. The number of hydrogen-bond acceptors (Lipinski definition) is 5. The summed E-state index contributed by atoms with van der Waals surface area (Å²) in [4.78, 5) is 15.5. The molecule has 0 spiro atoms. The highest BCUT2D eigenvalue weighted by Gasteiger charge is 2.39. The first-order valence-electron chi connectivity index (χ1n) is 11.9. The maximum absolute atomic E-state index is 10.6. The van der Waals surface area contributed by atoms with Gasteiger partial charge in [-0.15, -0.1) is 0 Å². The quantitative estimate of drug-likeness (QED) is 0.426. The van der Waals surface area contributed by atoms with Crippen molar-refractivity contribution in [1.82, 2.24) is 14.8 Å². The lowest BCUT2D eigenvalue weighted by atomic mass is 9.81. The Balaban J connectivity index is 0.000000479. The Bertz CT molecular complexity index is 1240. The first-order valence-corrected chi connectivity index (χ1v) is 12.3. The van der Waals surface area contributed by atoms with Gasteiger partial charge in [-0.3, -0.25) is 9.67 Å². The van der Waals surface area contributed by atoms with Crippen LogP contribution < -0.4 is 10.6 Å². The van der Waals surface area contributed by atoms with Gasteiger partial charge in [0.1, 0.15) is 0 Å². The van der Waals surface area contributed by atoms with Crippen molar-refractivity contribution >= 4 is 29.1 Å². The average molecular weight is 538 g/mol. The second-order valence-electron chi connectivity index (χ2n) is 9.21. The van der Waals surface area contributed by atoms with E-state index in [1.807, 2.05) is 30.1 Å². The summed E-state index contributed by atoms with van der Waals surface area (Å²) in [5, 5.41) is 12.9. The molecule has 2 aromatic heterocycles. The monoisotopic (exact) mass is 537 g/mol. The Morgan fingerprint density at radius 2 is 1.95 bits per heavy atom. The number of pyridine rings is 1. The van der Waals surface area contributed by atoms with Crippen LogP contribution in [0.3, 0.4) is 0 Å². The predicted octanol–water partition coefficient (Wildman–Crippen LogP) is 5.81. The van der Waals surface area contributed by atoms with E-state index in [0.717, 1.165) is 60.0 Å². The number of nitrogens with two attached hydrogens (primary N) is 1. The number of fused-ring (bicyclic) bond motifs is 1. The van der Waals surface area contributed by atoms with Crippen LogP contribution in [0.1, 0.15) is 54.1 Å². The Hall–Kier alpha value is -3.11. The van der Waals surface area contributed by atoms with Gasteiger partial charge in [-0.05, 0) is 61.9 Å². The SMILES string of the molecule is CCCC(N)(c1cccnc1)c1c2c(nn1C)N(c1c(C)cc(C)cc1Cl)CCC2.O=C(O)C(F)(F)F. The second-order valence-corrected chi connectivity index (χ2v) is 9.61. The van der Waals surface area contributed by atoms with Gasteiger partial charge in [0.15, 0.2) is 5.82 Å². The van der Waals surface area contributed by atoms with Crippen molar-refractivity contribution in [1.29, 1.82) is 0 Å². The standard InChI is InChI=1S/C24H30ClN5.C2HF3O2/c1-5-10-24(26,18-8-6-11-27-15-18)22-19-9-7-12-30(23(19)28-29(22)4)21-17(3)13-16(2)14-20(21)25;3-2(4,5)1(6)7/h6,8,11,13-15H,5,7,9-10,12,26H2,1-4H3;(H,6,7).